The van der Waals surface area contributed by atoms with Crippen LogP contribution in [-0.4, -0.2) is 23.9 Å². The normalized spacial score (nSPS) is 32.0. The van der Waals surface area contributed by atoms with Gasteiger partial charge in [0.2, 0.25) is 0 Å². The van der Waals surface area contributed by atoms with Gasteiger partial charge in [0.05, 0.1) is 6.42 Å². The third kappa shape index (κ3) is 1.03. The molecule has 0 aliphatic carbocycles. The van der Waals surface area contributed by atoms with Gasteiger partial charge in [0, 0.05) is 6.42 Å². The zero-order chi connectivity index (χ0) is 10.3. The van der Waals surface area contributed by atoms with Crippen LogP contribution in [0.3, 0.4) is 0 Å². The van der Waals surface area contributed by atoms with Gasteiger partial charge in [0.1, 0.15) is 0 Å². The predicted molar refractivity (Wildman–Crippen MR) is 38.5 cm³/mol. The maximum Gasteiger partial charge on any atom is 0.331 e. The first-order valence-electron chi connectivity index (χ1n) is 4.05. The summed E-state index contributed by atoms with van der Waals surface area (Å²) in [5, 5.41) is 0. The Hall–Kier alpha value is -1.72. The molecule has 2 fully saturated rings. The van der Waals surface area contributed by atoms with Gasteiger partial charge in [-0.1, -0.05) is 0 Å². The molecule has 6 heteroatoms. The van der Waals surface area contributed by atoms with Crippen LogP contribution in [0.15, 0.2) is 0 Å². The summed E-state index contributed by atoms with van der Waals surface area (Å²) < 4.78 is 8.58. The highest BCUT2D eigenvalue weighted by Gasteiger charge is 2.58. The van der Waals surface area contributed by atoms with Crippen molar-refractivity contribution in [1.82, 2.24) is 0 Å². The van der Waals surface area contributed by atoms with Crippen LogP contribution in [0.1, 0.15) is 19.3 Å². The summed E-state index contributed by atoms with van der Waals surface area (Å²) in [5.74, 6) is -3.29. The second kappa shape index (κ2) is 2.63. The first-order chi connectivity index (χ1) is 6.54. The lowest BCUT2D eigenvalue weighted by Gasteiger charge is -2.24. The molecule has 0 aromatic carbocycles. The molecular weight excluding hydrogens is 192 g/mol. The number of rotatable bonds is 0. The lowest BCUT2D eigenvalue weighted by atomic mass is 9.80. The van der Waals surface area contributed by atoms with Crippen LogP contribution in [0.25, 0.3) is 0 Å². The second-order valence-corrected chi connectivity index (χ2v) is 3.28. The van der Waals surface area contributed by atoms with E-state index < -0.39 is 29.3 Å². The Morgan fingerprint density at radius 2 is 1.50 bits per heavy atom. The van der Waals surface area contributed by atoms with Crippen molar-refractivity contribution in [3.05, 3.63) is 0 Å². The Morgan fingerprint density at radius 3 is 2.00 bits per heavy atom. The van der Waals surface area contributed by atoms with E-state index in [0.29, 0.717) is 0 Å². The maximum absolute atomic E-state index is 11.3. The fraction of sp³-hybridized carbons (Fsp3) is 0.500. The van der Waals surface area contributed by atoms with Gasteiger partial charge in [0.25, 0.3) is 0 Å². The number of hydrogen-bond acceptors (Lipinski definition) is 6. The summed E-state index contributed by atoms with van der Waals surface area (Å²) in [4.78, 5) is 44.1. The third-order valence-electron chi connectivity index (χ3n) is 2.40. The van der Waals surface area contributed by atoms with Crippen molar-refractivity contribution in [2.24, 2.45) is 5.41 Å². The predicted octanol–water partition coefficient (Wildman–Crippen LogP) is -0.690. The van der Waals surface area contributed by atoms with Crippen LogP contribution in [0.5, 0.6) is 0 Å². The van der Waals surface area contributed by atoms with Crippen LogP contribution in [0.4, 0.5) is 0 Å². The van der Waals surface area contributed by atoms with Crippen LogP contribution in [-0.2, 0) is 28.7 Å². The van der Waals surface area contributed by atoms with Crippen molar-refractivity contribution < 1.29 is 28.7 Å². The van der Waals surface area contributed by atoms with Crippen LogP contribution in [0.2, 0.25) is 0 Å². The van der Waals surface area contributed by atoms with Crippen molar-refractivity contribution >= 4 is 23.9 Å². The standard InChI is InChI=1S/C8H6O6/c9-4-1-2-8(6(11)13-4)3-5(10)14-7(8)12/h1-3H2. The number of cyclic esters (lactones) is 4. The minimum atomic E-state index is -1.55. The molecule has 2 aliphatic rings. The maximum atomic E-state index is 11.3. The van der Waals surface area contributed by atoms with Gasteiger partial charge in [-0.2, -0.15) is 0 Å². The molecule has 2 heterocycles. The number of ether oxygens (including phenoxy) is 2. The molecule has 0 aromatic heterocycles. The summed E-state index contributed by atoms with van der Waals surface area (Å²) in [5.41, 5.74) is -1.55. The fourth-order valence-electron chi connectivity index (χ4n) is 1.57. The molecule has 1 unspecified atom stereocenters. The monoisotopic (exact) mass is 198 g/mol. The van der Waals surface area contributed by atoms with Gasteiger partial charge < -0.3 is 9.47 Å². The highest BCUT2D eigenvalue weighted by Crippen LogP contribution is 2.39. The van der Waals surface area contributed by atoms with E-state index in [1.165, 1.54) is 0 Å². The first-order valence-corrected chi connectivity index (χ1v) is 4.05. The van der Waals surface area contributed by atoms with E-state index in [-0.39, 0.29) is 19.3 Å². The SMILES string of the molecule is O=C1CCC2(CC(=O)OC2=O)C(=O)O1. The minimum absolute atomic E-state index is 0.00472. The zero-order valence-electron chi connectivity index (χ0n) is 7.07. The molecular formula is C8H6O6. The molecule has 2 saturated heterocycles. The summed E-state index contributed by atoms with van der Waals surface area (Å²) in [6.07, 6.45) is -0.374. The Balaban J connectivity index is 2.32. The molecule has 0 amide bonds. The molecule has 1 spiro atoms. The Morgan fingerprint density at radius 1 is 0.929 bits per heavy atom. The molecule has 1 atom stereocenters. The van der Waals surface area contributed by atoms with Gasteiger partial charge in [0.15, 0.2) is 5.41 Å². The summed E-state index contributed by atoms with van der Waals surface area (Å²) in [6, 6.07) is 0. The number of esters is 4. The van der Waals surface area contributed by atoms with Gasteiger partial charge in [-0.05, 0) is 6.42 Å². The average Bonchev–Trinajstić information content (AvgIpc) is 2.37. The summed E-state index contributed by atoms with van der Waals surface area (Å²) >= 11 is 0. The highest BCUT2D eigenvalue weighted by atomic mass is 16.6. The minimum Gasteiger partial charge on any atom is -0.392 e. The lowest BCUT2D eigenvalue weighted by molar-refractivity contribution is -0.177. The van der Waals surface area contributed by atoms with E-state index >= 15 is 0 Å². The third-order valence-corrected chi connectivity index (χ3v) is 2.40. The van der Waals surface area contributed by atoms with Gasteiger partial charge in [-0.3, -0.25) is 19.2 Å². The van der Waals surface area contributed by atoms with Crippen LogP contribution < -0.4 is 0 Å². The zero-order valence-corrected chi connectivity index (χ0v) is 7.07. The molecule has 0 aromatic rings. The Bertz CT molecular complexity index is 357. The van der Waals surface area contributed by atoms with E-state index in [0.717, 1.165) is 0 Å². The van der Waals surface area contributed by atoms with E-state index in [2.05, 4.69) is 9.47 Å². The Labute approximate surface area is 78.2 Å². The highest BCUT2D eigenvalue weighted by molar-refractivity contribution is 6.13. The summed E-state index contributed by atoms with van der Waals surface area (Å²) in [7, 11) is 0. The summed E-state index contributed by atoms with van der Waals surface area (Å²) in [6.45, 7) is 0. The molecule has 0 bridgehead atoms. The van der Waals surface area contributed by atoms with Crippen molar-refractivity contribution in [1.29, 1.82) is 0 Å². The van der Waals surface area contributed by atoms with Crippen molar-refractivity contribution in [3.63, 3.8) is 0 Å². The molecule has 14 heavy (non-hydrogen) atoms. The topological polar surface area (TPSA) is 86.7 Å². The number of carbonyl (C=O) groups is 4. The van der Waals surface area contributed by atoms with E-state index in [9.17, 15) is 19.2 Å². The number of carbonyl (C=O) groups excluding carboxylic acids is 4. The molecule has 0 radical (unpaired) electrons. The van der Waals surface area contributed by atoms with Gasteiger partial charge >= 0.3 is 23.9 Å². The average molecular weight is 198 g/mol. The molecule has 74 valence electrons. The molecule has 0 N–H and O–H groups in total. The molecule has 0 saturated carbocycles. The first kappa shape index (κ1) is 8.86. The second-order valence-electron chi connectivity index (χ2n) is 3.28. The Kier molecular flexibility index (Phi) is 1.67. The smallest absolute Gasteiger partial charge is 0.331 e. The van der Waals surface area contributed by atoms with E-state index in [1.54, 1.807) is 0 Å². The number of hydrogen-bond donors (Lipinski definition) is 0. The molecule has 2 aliphatic heterocycles. The quantitative estimate of drug-likeness (QED) is 0.378. The van der Waals surface area contributed by atoms with Crippen molar-refractivity contribution in [2.75, 3.05) is 0 Å². The lowest BCUT2D eigenvalue weighted by Crippen LogP contribution is -2.42. The van der Waals surface area contributed by atoms with Crippen LogP contribution >= 0.6 is 0 Å². The molecule has 6 nitrogen and oxygen atoms in total. The van der Waals surface area contributed by atoms with Crippen molar-refractivity contribution in [2.45, 2.75) is 19.3 Å². The largest absolute Gasteiger partial charge is 0.392 e. The van der Waals surface area contributed by atoms with Gasteiger partial charge in [-0.25, -0.2) is 0 Å². The van der Waals surface area contributed by atoms with Crippen LogP contribution in [0, 0.1) is 5.41 Å². The fourth-order valence-corrected chi connectivity index (χ4v) is 1.57. The van der Waals surface area contributed by atoms with Gasteiger partial charge in [-0.15, -0.1) is 0 Å². The van der Waals surface area contributed by atoms with E-state index in [1.807, 2.05) is 0 Å². The van der Waals surface area contributed by atoms with E-state index in [4.69, 9.17) is 0 Å². The molecule has 2 rings (SSSR count). The van der Waals surface area contributed by atoms with Crippen molar-refractivity contribution in [3.8, 4) is 0 Å².